The normalized spacial score (nSPS) is 22.5. The summed E-state index contributed by atoms with van der Waals surface area (Å²) in [4.78, 5) is 4.10. The molecule has 1 unspecified atom stereocenters. The molecule has 1 aliphatic rings. The molecule has 0 N–H and O–H groups in total. The van der Waals surface area contributed by atoms with Crippen LogP contribution in [0.25, 0.3) is 0 Å². The smallest absolute Gasteiger partial charge is 0.202 e. The standard InChI is InChI=1S/C9H13ClN2O/c1-2-12-8(5-11-9(12)10)7-3-4-13-6-7/h5,7H,2-4,6H2,1H3. The fraction of sp³-hybridized carbons (Fsp3) is 0.667. The molecule has 0 amide bonds. The van der Waals surface area contributed by atoms with Crippen LogP contribution >= 0.6 is 11.6 Å². The zero-order valence-corrected chi connectivity index (χ0v) is 8.42. The van der Waals surface area contributed by atoms with E-state index in [4.69, 9.17) is 16.3 Å². The maximum atomic E-state index is 5.93. The van der Waals surface area contributed by atoms with Gasteiger partial charge in [0.25, 0.3) is 0 Å². The summed E-state index contributed by atoms with van der Waals surface area (Å²) in [7, 11) is 0. The lowest BCUT2D eigenvalue weighted by molar-refractivity contribution is 0.193. The molecule has 2 rings (SSSR count). The van der Waals surface area contributed by atoms with Gasteiger partial charge in [0.1, 0.15) is 0 Å². The summed E-state index contributed by atoms with van der Waals surface area (Å²) in [5, 5.41) is 0.587. The van der Waals surface area contributed by atoms with Crippen molar-refractivity contribution in [1.29, 1.82) is 0 Å². The Bertz CT molecular complexity index is 292. The number of ether oxygens (including phenoxy) is 1. The number of aromatic nitrogens is 2. The van der Waals surface area contributed by atoms with Gasteiger partial charge in [-0.25, -0.2) is 4.98 Å². The molecule has 1 atom stereocenters. The third-order valence-electron chi connectivity index (χ3n) is 2.50. The number of imidazole rings is 1. The molecule has 4 heteroatoms. The Morgan fingerprint density at radius 2 is 2.62 bits per heavy atom. The summed E-state index contributed by atoms with van der Waals surface area (Å²) < 4.78 is 7.38. The van der Waals surface area contributed by atoms with Crippen molar-refractivity contribution in [1.82, 2.24) is 9.55 Å². The molecule has 2 heterocycles. The van der Waals surface area contributed by atoms with E-state index in [9.17, 15) is 0 Å². The van der Waals surface area contributed by atoms with Crippen LogP contribution in [0.3, 0.4) is 0 Å². The fourth-order valence-corrected chi connectivity index (χ4v) is 2.04. The van der Waals surface area contributed by atoms with Crippen molar-refractivity contribution in [3.05, 3.63) is 17.2 Å². The van der Waals surface area contributed by atoms with Crippen LogP contribution in [-0.4, -0.2) is 22.8 Å². The SMILES string of the molecule is CCn1c(C2CCOC2)cnc1Cl. The molecule has 1 aromatic heterocycles. The Hall–Kier alpha value is -0.540. The van der Waals surface area contributed by atoms with Crippen LogP contribution < -0.4 is 0 Å². The maximum absolute atomic E-state index is 5.93. The first-order valence-electron chi connectivity index (χ1n) is 4.61. The van der Waals surface area contributed by atoms with Crippen molar-refractivity contribution in [2.75, 3.05) is 13.2 Å². The Labute approximate surface area is 82.7 Å². The van der Waals surface area contributed by atoms with E-state index < -0.39 is 0 Å². The van der Waals surface area contributed by atoms with Crippen molar-refractivity contribution in [2.24, 2.45) is 0 Å². The van der Waals surface area contributed by atoms with Crippen LogP contribution in [0.5, 0.6) is 0 Å². The number of halogens is 1. The minimum Gasteiger partial charge on any atom is -0.381 e. The van der Waals surface area contributed by atoms with E-state index in [1.165, 1.54) is 5.69 Å². The first kappa shape index (κ1) is 9.03. The second-order valence-corrected chi connectivity index (χ2v) is 3.59. The Morgan fingerprint density at radius 1 is 1.77 bits per heavy atom. The highest BCUT2D eigenvalue weighted by Gasteiger charge is 2.22. The molecule has 3 nitrogen and oxygen atoms in total. The molecule has 0 saturated carbocycles. The van der Waals surface area contributed by atoms with Gasteiger partial charge >= 0.3 is 0 Å². The van der Waals surface area contributed by atoms with Gasteiger partial charge < -0.3 is 9.30 Å². The van der Waals surface area contributed by atoms with Gasteiger partial charge in [-0.2, -0.15) is 0 Å². The molecule has 0 aromatic carbocycles. The first-order valence-corrected chi connectivity index (χ1v) is 4.99. The highest BCUT2D eigenvalue weighted by molar-refractivity contribution is 6.28. The zero-order chi connectivity index (χ0) is 9.26. The first-order chi connectivity index (χ1) is 6.33. The Morgan fingerprint density at radius 3 is 3.23 bits per heavy atom. The topological polar surface area (TPSA) is 27.1 Å². The molecule has 0 radical (unpaired) electrons. The highest BCUT2D eigenvalue weighted by Crippen LogP contribution is 2.26. The lowest BCUT2D eigenvalue weighted by Gasteiger charge is -2.10. The molecule has 1 aliphatic heterocycles. The monoisotopic (exact) mass is 200 g/mol. The number of hydrogen-bond donors (Lipinski definition) is 0. The number of hydrogen-bond acceptors (Lipinski definition) is 2. The van der Waals surface area contributed by atoms with Gasteiger partial charge in [0.15, 0.2) is 0 Å². The van der Waals surface area contributed by atoms with Crippen LogP contribution in [0.15, 0.2) is 6.20 Å². The largest absolute Gasteiger partial charge is 0.381 e. The lowest BCUT2D eigenvalue weighted by Crippen LogP contribution is -2.06. The van der Waals surface area contributed by atoms with Gasteiger partial charge in [0, 0.05) is 24.8 Å². The minimum absolute atomic E-state index is 0.486. The summed E-state index contributed by atoms with van der Waals surface area (Å²) in [5.74, 6) is 0.486. The van der Waals surface area contributed by atoms with Gasteiger partial charge in [-0.1, -0.05) is 0 Å². The molecule has 0 spiro atoms. The van der Waals surface area contributed by atoms with Crippen molar-refractivity contribution in [3.63, 3.8) is 0 Å². The van der Waals surface area contributed by atoms with E-state index in [1.54, 1.807) is 0 Å². The van der Waals surface area contributed by atoms with Crippen molar-refractivity contribution in [2.45, 2.75) is 25.8 Å². The average Bonchev–Trinajstić information content (AvgIpc) is 2.71. The summed E-state index contributed by atoms with van der Waals surface area (Å²) in [5.41, 5.74) is 1.21. The fourth-order valence-electron chi connectivity index (χ4n) is 1.77. The van der Waals surface area contributed by atoms with Crippen LogP contribution in [0.4, 0.5) is 0 Å². The van der Waals surface area contributed by atoms with Crippen molar-refractivity contribution >= 4 is 11.6 Å². The molecular formula is C9H13ClN2O. The second-order valence-electron chi connectivity index (χ2n) is 3.26. The van der Waals surface area contributed by atoms with Crippen molar-refractivity contribution < 1.29 is 4.74 Å². The summed E-state index contributed by atoms with van der Waals surface area (Å²) >= 11 is 5.93. The minimum atomic E-state index is 0.486. The molecule has 1 aromatic rings. The quantitative estimate of drug-likeness (QED) is 0.731. The Kier molecular flexibility index (Phi) is 2.56. The molecule has 72 valence electrons. The molecule has 1 saturated heterocycles. The molecule has 1 fully saturated rings. The number of nitrogens with zero attached hydrogens (tertiary/aromatic N) is 2. The highest BCUT2D eigenvalue weighted by atomic mass is 35.5. The predicted octanol–water partition coefficient (Wildman–Crippen LogP) is 2.06. The van der Waals surface area contributed by atoms with Crippen LogP contribution in [-0.2, 0) is 11.3 Å². The van der Waals surface area contributed by atoms with Gasteiger partial charge in [0.2, 0.25) is 5.28 Å². The van der Waals surface area contributed by atoms with E-state index in [0.717, 1.165) is 26.2 Å². The van der Waals surface area contributed by atoms with E-state index in [1.807, 2.05) is 10.8 Å². The summed E-state index contributed by atoms with van der Waals surface area (Å²) in [6.45, 7) is 4.62. The van der Waals surface area contributed by atoms with Gasteiger partial charge in [0.05, 0.1) is 12.8 Å². The lowest BCUT2D eigenvalue weighted by atomic mass is 10.1. The van der Waals surface area contributed by atoms with Gasteiger partial charge in [-0.15, -0.1) is 0 Å². The van der Waals surface area contributed by atoms with Crippen LogP contribution in [0, 0.1) is 0 Å². The average molecular weight is 201 g/mol. The number of rotatable bonds is 2. The molecule has 13 heavy (non-hydrogen) atoms. The predicted molar refractivity (Wildman–Crippen MR) is 51.1 cm³/mol. The van der Waals surface area contributed by atoms with Crippen LogP contribution in [0.1, 0.15) is 25.0 Å². The maximum Gasteiger partial charge on any atom is 0.202 e. The van der Waals surface area contributed by atoms with Crippen LogP contribution in [0.2, 0.25) is 5.28 Å². The van der Waals surface area contributed by atoms with Gasteiger partial charge in [-0.05, 0) is 24.9 Å². The molecular weight excluding hydrogens is 188 g/mol. The molecule has 0 aliphatic carbocycles. The van der Waals surface area contributed by atoms with E-state index in [-0.39, 0.29) is 0 Å². The van der Waals surface area contributed by atoms with Crippen molar-refractivity contribution in [3.8, 4) is 0 Å². The summed E-state index contributed by atoms with van der Waals surface area (Å²) in [6, 6.07) is 0. The third kappa shape index (κ3) is 1.58. The van der Waals surface area contributed by atoms with Gasteiger partial charge in [-0.3, -0.25) is 0 Å². The zero-order valence-electron chi connectivity index (χ0n) is 7.66. The molecule has 0 bridgehead atoms. The third-order valence-corrected chi connectivity index (χ3v) is 2.80. The second kappa shape index (κ2) is 3.68. The van der Waals surface area contributed by atoms with E-state index >= 15 is 0 Å². The van der Waals surface area contributed by atoms with E-state index in [0.29, 0.717) is 11.2 Å². The Balaban J connectivity index is 2.27. The van der Waals surface area contributed by atoms with E-state index in [2.05, 4.69) is 11.9 Å². The summed E-state index contributed by atoms with van der Waals surface area (Å²) in [6.07, 6.45) is 2.95.